The van der Waals surface area contributed by atoms with Gasteiger partial charge in [0.15, 0.2) is 0 Å². The van der Waals surface area contributed by atoms with E-state index in [4.69, 9.17) is 0 Å². The molecule has 0 aliphatic heterocycles. The first kappa shape index (κ1) is 14.2. The fourth-order valence-corrected chi connectivity index (χ4v) is 3.15. The number of rotatable bonds is 5. The van der Waals surface area contributed by atoms with Crippen LogP contribution in [-0.2, 0) is 12.3 Å². The Bertz CT molecular complexity index is 549. The van der Waals surface area contributed by atoms with Crippen molar-refractivity contribution in [2.75, 3.05) is 7.05 Å². The molecule has 2 aromatic rings. The van der Waals surface area contributed by atoms with Crippen molar-refractivity contribution < 1.29 is 0 Å². The first-order chi connectivity index (χ1) is 9.20. The fraction of sp³-hybridized carbons (Fsp3) is 0.294. The first-order valence-electron chi connectivity index (χ1n) is 6.62. The van der Waals surface area contributed by atoms with Crippen LogP contribution in [-0.4, -0.2) is 7.05 Å². The van der Waals surface area contributed by atoms with Crippen molar-refractivity contribution in [3.05, 3.63) is 64.7 Å². The van der Waals surface area contributed by atoms with Crippen molar-refractivity contribution in [2.24, 2.45) is 0 Å². The monoisotopic (exact) mass is 271 g/mol. The second-order valence-corrected chi connectivity index (χ2v) is 5.88. The molecule has 1 nitrogen and oxygen atoms in total. The van der Waals surface area contributed by atoms with Crippen LogP contribution in [0.2, 0.25) is 0 Å². The molecule has 0 atom stereocenters. The van der Waals surface area contributed by atoms with E-state index in [1.54, 1.807) is 0 Å². The van der Waals surface area contributed by atoms with Crippen molar-refractivity contribution in [3.63, 3.8) is 0 Å². The maximum absolute atomic E-state index is 3.20. The second kappa shape index (κ2) is 6.78. The minimum atomic E-state index is 0.939. The quantitative estimate of drug-likeness (QED) is 0.813. The molecule has 1 N–H and O–H groups in total. The zero-order valence-corrected chi connectivity index (χ0v) is 12.7. The summed E-state index contributed by atoms with van der Waals surface area (Å²) in [6, 6.07) is 15.3. The summed E-state index contributed by atoms with van der Waals surface area (Å²) in [5, 5.41) is 3.20. The average Bonchev–Trinajstić information content (AvgIpc) is 2.41. The van der Waals surface area contributed by atoms with Crippen molar-refractivity contribution in [3.8, 4) is 0 Å². The standard InChI is InChI=1S/C17H21NS/c1-13-6-4-5-7-16(13)12-19-17-9-8-15(11-18-3)14(2)10-17/h4-10,18H,11-12H2,1-3H3. The summed E-state index contributed by atoms with van der Waals surface area (Å²) >= 11 is 1.91. The minimum absolute atomic E-state index is 0.939. The summed E-state index contributed by atoms with van der Waals surface area (Å²) in [7, 11) is 1.99. The molecule has 2 rings (SSSR count). The molecule has 19 heavy (non-hydrogen) atoms. The van der Waals surface area contributed by atoms with Crippen molar-refractivity contribution in [1.82, 2.24) is 5.32 Å². The Kier molecular flexibility index (Phi) is 5.06. The topological polar surface area (TPSA) is 12.0 Å². The van der Waals surface area contributed by atoms with E-state index in [2.05, 4.69) is 61.6 Å². The Balaban J connectivity index is 2.04. The number of hydrogen-bond donors (Lipinski definition) is 1. The lowest BCUT2D eigenvalue weighted by atomic mass is 10.1. The Morgan fingerprint density at radius 2 is 1.74 bits per heavy atom. The van der Waals surface area contributed by atoms with Crippen LogP contribution in [0.1, 0.15) is 22.3 Å². The van der Waals surface area contributed by atoms with Gasteiger partial charge in [0.25, 0.3) is 0 Å². The van der Waals surface area contributed by atoms with Gasteiger partial charge >= 0.3 is 0 Å². The molecule has 0 spiro atoms. The van der Waals surface area contributed by atoms with E-state index in [9.17, 15) is 0 Å². The van der Waals surface area contributed by atoms with E-state index in [0.29, 0.717) is 0 Å². The predicted octanol–water partition coefficient (Wildman–Crippen LogP) is 4.32. The summed E-state index contributed by atoms with van der Waals surface area (Å²) in [6.45, 7) is 5.30. The molecule has 0 heterocycles. The van der Waals surface area contributed by atoms with E-state index < -0.39 is 0 Å². The summed E-state index contributed by atoms with van der Waals surface area (Å²) in [6.07, 6.45) is 0. The average molecular weight is 271 g/mol. The van der Waals surface area contributed by atoms with Gasteiger partial charge in [-0.25, -0.2) is 0 Å². The zero-order chi connectivity index (χ0) is 13.7. The molecule has 2 aromatic carbocycles. The molecule has 0 saturated heterocycles. The van der Waals surface area contributed by atoms with Gasteiger partial charge in [0.05, 0.1) is 0 Å². The molecule has 100 valence electrons. The number of nitrogens with one attached hydrogen (secondary N) is 1. The molecule has 0 aromatic heterocycles. The minimum Gasteiger partial charge on any atom is -0.316 e. The van der Waals surface area contributed by atoms with Crippen molar-refractivity contribution in [2.45, 2.75) is 31.0 Å². The number of benzene rings is 2. The Morgan fingerprint density at radius 1 is 0.947 bits per heavy atom. The van der Waals surface area contributed by atoms with E-state index >= 15 is 0 Å². The second-order valence-electron chi connectivity index (χ2n) is 4.83. The van der Waals surface area contributed by atoms with Crippen LogP contribution < -0.4 is 5.32 Å². The summed E-state index contributed by atoms with van der Waals surface area (Å²) in [4.78, 5) is 1.35. The van der Waals surface area contributed by atoms with Crippen LogP contribution in [0.3, 0.4) is 0 Å². The number of hydrogen-bond acceptors (Lipinski definition) is 2. The molecule has 0 fully saturated rings. The predicted molar refractivity (Wildman–Crippen MR) is 84.7 cm³/mol. The molecule has 0 bridgehead atoms. The fourth-order valence-electron chi connectivity index (χ4n) is 2.08. The highest BCUT2D eigenvalue weighted by Crippen LogP contribution is 2.26. The number of thioether (sulfide) groups is 1. The third kappa shape index (κ3) is 3.85. The van der Waals surface area contributed by atoms with Gasteiger partial charge in [0.1, 0.15) is 0 Å². The zero-order valence-electron chi connectivity index (χ0n) is 11.9. The normalized spacial score (nSPS) is 10.7. The summed E-state index contributed by atoms with van der Waals surface area (Å²) in [5.41, 5.74) is 5.54. The van der Waals surface area contributed by atoms with Gasteiger partial charge < -0.3 is 5.32 Å². The summed E-state index contributed by atoms with van der Waals surface area (Å²) < 4.78 is 0. The smallest absolute Gasteiger partial charge is 0.0234 e. The Labute approximate surface area is 120 Å². The molecular weight excluding hydrogens is 250 g/mol. The third-order valence-corrected chi connectivity index (χ3v) is 4.38. The van der Waals surface area contributed by atoms with Crippen LogP contribution in [0.15, 0.2) is 47.4 Å². The highest BCUT2D eigenvalue weighted by Gasteiger charge is 2.02. The van der Waals surface area contributed by atoms with E-state index in [-0.39, 0.29) is 0 Å². The number of aryl methyl sites for hydroxylation is 2. The maximum atomic E-state index is 3.20. The van der Waals surface area contributed by atoms with Crippen LogP contribution in [0.25, 0.3) is 0 Å². The third-order valence-electron chi connectivity index (χ3n) is 3.34. The first-order valence-corrected chi connectivity index (χ1v) is 7.60. The Morgan fingerprint density at radius 3 is 2.42 bits per heavy atom. The largest absolute Gasteiger partial charge is 0.316 e. The summed E-state index contributed by atoms with van der Waals surface area (Å²) in [5.74, 6) is 1.04. The van der Waals surface area contributed by atoms with Gasteiger partial charge in [-0.2, -0.15) is 0 Å². The highest BCUT2D eigenvalue weighted by molar-refractivity contribution is 7.98. The van der Waals surface area contributed by atoms with Gasteiger partial charge in [-0.05, 0) is 55.3 Å². The molecular formula is C17H21NS. The van der Waals surface area contributed by atoms with Gasteiger partial charge in [0.2, 0.25) is 0 Å². The van der Waals surface area contributed by atoms with Crippen molar-refractivity contribution in [1.29, 1.82) is 0 Å². The van der Waals surface area contributed by atoms with Gasteiger partial charge in [0, 0.05) is 17.2 Å². The Hall–Kier alpha value is -1.25. The molecule has 2 heteroatoms. The van der Waals surface area contributed by atoms with Gasteiger partial charge in [-0.3, -0.25) is 0 Å². The molecule has 0 unspecified atom stereocenters. The van der Waals surface area contributed by atoms with Gasteiger partial charge in [-0.15, -0.1) is 11.8 Å². The van der Waals surface area contributed by atoms with Crippen LogP contribution in [0, 0.1) is 13.8 Å². The van der Waals surface area contributed by atoms with Crippen LogP contribution >= 0.6 is 11.8 Å². The molecule has 0 saturated carbocycles. The lowest BCUT2D eigenvalue weighted by Gasteiger charge is -2.09. The van der Waals surface area contributed by atoms with Crippen LogP contribution in [0.4, 0.5) is 0 Å². The van der Waals surface area contributed by atoms with Crippen LogP contribution in [0.5, 0.6) is 0 Å². The molecule has 0 amide bonds. The molecule has 0 aliphatic carbocycles. The van der Waals surface area contributed by atoms with E-state index in [1.807, 2.05) is 18.8 Å². The van der Waals surface area contributed by atoms with Gasteiger partial charge in [-0.1, -0.05) is 30.3 Å². The van der Waals surface area contributed by atoms with Crippen molar-refractivity contribution >= 4 is 11.8 Å². The highest BCUT2D eigenvalue weighted by atomic mass is 32.2. The molecule has 0 aliphatic rings. The van der Waals surface area contributed by atoms with E-state index in [0.717, 1.165) is 12.3 Å². The lowest BCUT2D eigenvalue weighted by molar-refractivity contribution is 0.811. The lowest BCUT2D eigenvalue weighted by Crippen LogP contribution is -2.06. The maximum Gasteiger partial charge on any atom is 0.0234 e. The SMILES string of the molecule is CNCc1ccc(SCc2ccccc2C)cc1C. The molecule has 0 radical (unpaired) electrons. The van der Waals surface area contributed by atoms with E-state index in [1.165, 1.54) is 27.1 Å².